The number of hydrogen-bond acceptors (Lipinski definition) is 2. The first-order chi connectivity index (χ1) is 9.79. The van der Waals surface area contributed by atoms with Crippen molar-refractivity contribution in [1.29, 1.82) is 0 Å². The molecule has 1 atom stereocenters. The van der Waals surface area contributed by atoms with Crippen molar-refractivity contribution in [3.63, 3.8) is 0 Å². The number of unbranched alkanes of at least 4 members (excludes halogenated alkanes) is 7. The van der Waals surface area contributed by atoms with Crippen molar-refractivity contribution in [3.8, 4) is 0 Å². The van der Waals surface area contributed by atoms with Crippen molar-refractivity contribution in [3.05, 3.63) is 22.6 Å². The first kappa shape index (κ1) is 17.8. The highest BCUT2D eigenvalue weighted by molar-refractivity contribution is 9.10. The van der Waals surface area contributed by atoms with Crippen LogP contribution in [0.15, 0.2) is 21.4 Å². The van der Waals surface area contributed by atoms with Gasteiger partial charge in [0.15, 0.2) is 4.67 Å². The van der Waals surface area contributed by atoms with Crippen molar-refractivity contribution in [2.45, 2.75) is 77.7 Å². The van der Waals surface area contributed by atoms with Gasteiger partial charge in [-0.05, 0) is 35.0 Å². The highest BCUT2D eigenvalue weighted by Gasteiger charge is 2.15. The number of furan rings is 1. The Balaban J connectivity index is 2.16. The lowest BCUT2D eigenvalue weighted by atomic mass is 10.0. The van der Waals surface area contributed by atoms with E-state index in [1.807, 2.05) is 0 Å². The van der Waals surface area contributed by atoms with Gasteiger partial charge in [-0.2, -0.15) is 0 Å². The third kappa shape index (κ3) is 6.94. The standard InChI is InChI=1S/C17H30BrNO/c1-3-5-6-7-8-9-10-11-12-16(19-4-2)15-13-14-20-17(15)18/h13-14,16,19H,3-12H2,1-2H3. The smallest absolute Gasteiger partial charge is 0.173 e. The monoisotopic (exact) mass is 343 g/mol. The Morgan fingerprint density at radius 3 is 2.25 bits per heavy atom. The van der Waals surface area contributed by atoms with E-state index in [0.717, 1.165) is 11.2 Å². The van der Waals surface area contributed by atoms with Crippen LogP contribution >= 0.6 is 15.9 Å². The van der Waals surface area contributed by atoms with Crippen LogP contribution in [-0.2, 0) is 0 Å². The predicted octanol–water partition coefficient (Wildman–Crippen LogP) is 6.22. The number of nitrogens with one attached hydrogen (secondary N) is 1. The van der Waals surface area contributed by atoms with Gasteiger partial charge in [-0.15, -0.1) is 0 Å². The van der Waals surface area contributed by atoms with Gasteiger partial charge in [-0.25, -0.2) is 0 Å². The van der Waals surface area contributed by atoms with E-state index in [9.17, 15) is 0 Å². The van der Waals surface area contributed by atoms with E-state index in [2.05, 4.69) is 41.2 Å². The first-order valence-corrected chi connectivity index (χ1v) is 9.05. The molecule has 3 heteroatoms. The molecule has 1 aromatic heterocycles. The lowest BCUT2D eigenvalue weighted by Crippen LogP contribution is -2.20. The van der Waals surface area contributed by atoms with E-state index in [-0.39, 0.29) is 0 Å². The quantitative estimate of drug-likeness (QED) is 0.455. The molecule has 1 N–H and O–H groups in total. The SMILES string of the molecule is CCCCCCCCCCC(NCC)c1ccoc1Br. The summed E-state index contributed by atoms with van der Waals surface area (Å²) < 4.78 is 6.23. The highest BCUT2D eigenvalue weighted by atomic mass is 79.9. The van der Waals surface area contributed by atoms with Crippen LogP contribution < -0.4 is 5.32 Å². The third-order valence-electron chi connectivity index (χ3n) is 3.82. The summed E-state index contributed by atoms with van der Waals surface area (Å²) in [5, 5.41) is 3.55. The van der Waals surface area contributed by atoms with Crippen LogP contribution in [0, 0.1) is 0 Å². The van der Waals surface area contributed by atoms with E-state index >= 15 is 0 Å². The molecule has 0 aromatic carbocycles. The molecule has 0 bridgehead atoms. The molecule has 0 fully saturated rings. The molecule has 2 nitrogen and oxygen atoms in total. The van der Waals surface area contributed by atoms with Gasteiger partial charge < -0.3 is 9.73 Å². The van der Waals surface area contributed by atoms with E-state index < -0.39 is 0 Å². The number of halogens is 1. The van der Waals surface area contributed by atoms with Crippen LogP contribution in [0.2, 0.25) is 0 Å². The molecule has 0 aliphatic heterocycles. The summed E-state index contributed by atoms with van der Waals surface area (Å²) in [5.41, 5.74) is 1.26. The molecule has 0 saturated heterocycles. The minimum atomic E-state index is 0.424. The van der Waals surface area contributed by atoms with Crippen molar-refractivity contribution < 1.29 is 4.42 Å². The Morgan fingerprint density at radius 2 is 1.70 bits per heavy atom. The average molecular weight is 344 g/mol. The van der Waals surface area contributed by atoms with E-state index in [4.69, 9.17) is 4.42 Å². The van der Waals surface area contributed by atoms with E-state index in [1.165, 1.54) is 63.4 Å². The largest absolute Gasteiger partial charge is 0.457 e. The van der Waals surface area contributed by atoms with Crippen LogP contribution in [0.3, 0.4) is 0 Å². The van der Waals surface area contributed by atoms with Gasteiger partial charge in [0, 0.05) is 11.6 Å². The minimum absolute atomic E-state index is 0.424. The summed E-state index contributed by atoms with van der Waals surface area (Å²) in [6.45, 7) is 5.43. The molecule has 1 unspecified atom stereocenters. The Hall–Kier alpha value is -0.280. The molecule has 0 amide bonds. The Kier molecular flexibility index (Phi) is 10.1. The van der Waals surface area contributed by atoms with Crippen molar-refractivity contribution in [2.24, 2.45) is 0 Å². The molecule has 0 saturated carbocycles. The summed E-state index contributed by atoms with van der Waals surface area (Å²) in [5.74, 6) is 0. The van der Waals surface area contributed by atoms with Gasteiger partial charge in [-0.1, -0.05) is 65.2 Å². The van der Waals surface area contributed by atoms with Crippen LogP contribution in [0.5, 0.6) is 0 Å². The van der Waals surface area contributed by atoms with Gasteiger partial charge in [-0.3, -0.25) is 0 Å². The molecular weight excluding hydrogens is 314 g/mol. The van der Waals surface area contributed by atoms with Gasteiger partial charge >= 0.3 is 0 Å². The molecule has 1 rings (SSSR count). The molecule has 0 aliphatic carbocycles. The maximum absolute atomic E-state index is 5.35. The highest BCUT2D eigenvalue weighted by Crippen LogP contribution is 2.28. The van der Waals surface area contributed by atoms with Crippen LogP contribution in [0.4, 0.5) is 0 Å². The average Bonchev–Trinajstić information content (AvgIpc) is 2.87. The fourth-order valence-electron chi connectivity index (χ4n) is 2.65. The molecule has 0 aliphatic rings. The molecule has 1 heterocycles. The second-order valence-corrected chi connectivity index (χ2v) is 6.24. The fourth-order valence-corrected chi connectivity index (χ4v) is 3.17. The lowest BCUT2D eigenvalue weighted by molar-refractivity contribution is 0.462. The predicted molar refractivity (Wildman–Crippen MR) is 90.1 cm³/mol. The zero-order chi connectivity index (χ0) is 14.6. The maximum atomic E-state index is 5.35. The van der Waals surface area contributed by atoms with Gasteiger partial charge in [0.25, 0.3) is 0 Å². The Morgan fingerprint density at radius 1 is 1.05 bits per heavy atom. The summed E-state index contributed by atoms with van der Waals surface area (Å²) in [6, 6.07) is 2.50. The second-order valence-electron chi connectivity index (χ2n) is 5.52. The normalized spacial score (nSPS) is 12.8. The second kappa shape index (κ2) is 11.4. The zero-order valence-corrected chi connectivity index (χ0v) is 14.7. The molecular formula is C17H30BrNO. The third-order valence-corrected chi connectivity index (χ3v) is 4.46. The molecule has 0 radical (unpaired) electrons. The Bertz CT molecular complexity index is 337. The summed E-state index contributed by atoms with van der Waals surface area (Å²) in [6.07, 6.45) is 14.0. The minimum Gasteiger partial charge on any atom is -0.457 e. The van der Waals surface area contributed by atoms with Crippen LogP contribution in [-0.4, -0.2) is 6.54 Å². The topological polar surface area (TPSA) is 25.2 Å². The van der Waals surface area contributed by atoms with E-state index in [1.54, 1.807) is 6.26 Å². The Labute approximate surface area is 132 Å². The number of rotatable bonds is 12. The molecule has 1 aromatic rings. The number of hydrogen-bond donors (Lipinski definition) is 1. The van der Waals surface area contributed by atoms with Gasteiger partial charge in [0.05, 0.1) is 6.26 Å². The molecule has 20 heavy (non-hydrogen) atoms. The van der Waals surface area contributed by atoms with Crippen molar-refractivity contribution >= 4 is 15.9 Å². The van der Waals surface area contributed by atoms with Crippen LogP contribution in [0.1, 0.15) is 83.2 Å². The van der Waals surface area contributed by atoms with Crippen LogP contribution in [0.25, 0.3) is 0 Å². The van der Waals surface area contributed by atoms with E-state index in [0.29, 0.717) is 6.04 Å². The first-order valence-electron chi connectivity index (χ1n) is 8.25. The lowest BCUT2D eigenvalue weighted by Gasteiger charge is -2.16. The molecule has 0 spiro atoms. The van der Waals surface area contributed by atoms with Gasteiger partial charge in [0.1, 0.15) is 0 Å². The van der Waals surface area contributed by atoms with Crippen molar-refractivity contribution in [2.75, 3.05) is 6.54 Å². The zero-order valence-electron chi connectivity index (χ0n) is 13.1. The molecule has 116 valence electrons. The maximum Gasteiger partial charge on any atom is 0.173 e. The van der Waals surface area contributed by atoms with Crippen molar-refractivity contribution in [1.82, 2.24) is 5.32 Å². The summed E-state index contributed by atoms with van der Waals surface area (Å²) in [4.78, 5) is 0. The summed E-state index contributed by atoms with van der Waals surface area (Å²) in [7, 11) is 0. The van der Waals surface area contributed by atoms with Gasteiger partial charge in [0.2, 0.25) is 0 Å². The fraction of sp³-hybridized carbons (Fsp3) is 0.765. The summed E-state index contributed by atoms with van der Waals surface area (Å²) >= 11 is 3.49.